The molecule has 6 heteroatoms. The summed E-state index contributed by atoms with van der Waals surface area (Å²) in [5.41, 5.74) is 1.62. The van der Waals surface area contributed by atoms with Crippen LogP contribution >= 0.6 is 11.6 Å². The Morgan fingerprint density at radius 3 is 2.56 bits per heavy atom. The van der Waals surface area contributed by atoms with Gasteiger partial charge in [0.25, 0.3) is 0 Å². The fraction of sp³-hybridized carbons (Fsp3) is 0.238. The van der Waals surface area contributed by atoms with Gasteiger partial charge in [-0.05, 0) is 57.2 Å². The van der Waals surface area contributed by atoms with Crippen molar-refractivity contribution in [1.29, 1.82) is 0 Å². The van der Waals surface area contributed by atoms with Crippen molar-refractivity contribution < 1.29 is 18.7 Å². The Hall–Kier alpha value is -2.79. The lowest BCUT2D eigenvalue weighted by Gasteiger charge is -2.16. The standard InChI is InChI=1S/C21H19ClO5/c1-4-25-21(24)13(3)26-20-18(23)16-11-12(2)5-10-17(16)27-19(20)14-6-8-15(22)9-7-14/h5-11,13H,4H2,1-3H3/t13-/m1/s1. The van der Waals surface area contributed by atoms with Crippen molar-refractivity contribution in [2.45, 2.75) is 26.9 Å². The average Bonchev–Trinajstić information content (AvgIpc) is 2.65. The molecule has 27 heavy (non-hydrogen) atoms. The van der Waals surface area contributed by atoms with Crippen molar-refractivity contribution >= 4 is 28.5 Å². The lowest BCUT2D eigenvalue weighted by atomic mass is 10.1. The second kappa shape index (κ2) is 7.84. The van der Waals surface area contributed by atoms with Crippen molar-refractivity contribution in [1.82, 2.24) is 0 Å². The molecule has 1 heterocycles. The van der Waals surface area contributed by atoms with Crippen molar-refractivity contribution in [2.75, 3.05) is 6.61 Å². The zero-order valence-corrected chi connectivity index (χ0v) is 16.0. The van der Waals surface area contributed by atoms with Gasteiger partial charge >= 0.3 is 5.97 Å². The van der Waals surface area contributed by atoms with E-state index in [2.05, 4.69) is 0 Å². The van der Waals surface area contributed by atoms with E-state index >= 15 is 0 Å². The van der Waals surface area contributed by atoms with Gasteiger partial charge in [-0.15, -0.1) is 0 Å². The van der Waals surface area contributed by atoms with Gasteiger partial charge < -0.3 is 13.9 Å². The Labute approximate surface area is 161 Å². The van der Waals surface area contributed by atoms with Crippen molar-refractivity contribution in [3.63, 3.8) is 0 Å². The van der Waals surface area contributed by atoms with Crippen LogP contribution in [0, 0.1) is 6.92 Å². The molecule has 3 aromatic rings. The number of rotatable bonds is 5. The SMILES string of the molecule is CCOC(=O)[C@@H](C)Oc1c(-c2ccc(Cl)cc2)oc2ccc(C)cc2c1=O. The quantitative estimate of drug-likeness (QED) is 0.592. The molecule has 0 spiro atoms. The van der Waals surface area contributed by atoms with Gasteiger partial charge in [-0.25, -0.2) is 4.79 Å². The minimum Gasteiger partial charge on any atom is -0.471 e. The van der Waals surface area contributed by atoms with Crippen LogP contribution in [-0.4, -0.2) is 18.7 Å². The van der Waals surface area contributed by atoms with Gasteiger partial charge in [0.1, 0.15) is 5.58 Å². The van der Waals surface area contributed by atoms with Crippen LogP contribution in [0.3, 0.4) is 0 Å². The minimum atomic E-state index is -0.957. The van der Waals surface area contributed by atoms with Crippen LogP contribution in [0.4, 0.5) is 0 Å². The molecule has 0 N–H and O–H groups in total. The molecule has 0 amide bonds. The molecule has 3 rings (SSSR count). The van der Waals surface area contributed by atoms with Gasteiger partial charge in [0.15, 0.2) is 11.9 Å². The molecule has 0 saturated carbocycles. The van der Waals surface area contributed by atoms with E-state index in [0.29, 0.717) is 21.6 Å². The largest absolute Gasteiger partial charge is 0.471 e. The normalized spacial score (nSPS) is 12.0. The number of hydrogen-bond donors (Lipinski definition) is 0. The lowest BCUT2D eigenvalue weighted by molar-refractivity contribution is -0.150. The summed E-state index contributed by atoms with van der Waals surface area (Å²) in [5, 5.41) is 0.943. The summed E-state index contributed by atoms with van der Waals surface area (Å²) in [4.78, 5) is 25.1. The van der Waals surface area contributed by atoms with Gasteiger partial charge in [0, 0.05) is 10.6 Å². The zero-order chi connectivity index (χ0) is 19.6. The van der Waals surface area contributed by atoms with E-state index in [9.17, 15) is 9.59 Å². The molecule has 0 radical (unpaired) electrons. The van der Waals surface area contributed by atoms with Crippen LogP contribution in [0.15, 0.2) is 51.7 Å². The molecule has 0 aliphatic heterocycles. The van der Waals surface area contributed by atoms with E-state index in [1.165, 1.54) is 6.92 Å². The van der Waals surface area contributed by atoms with Gasteiger partial charge in [-0.2, -0.15) is 0 Å². The molecule has 140 valence electrons. The van der Waals surface area contributed by atoms with Gasteiger partial charge in [-0.3, -0.25) is 4.79 Å². The van der Waals surface area contributed by atoms with E-state index in [4.69, 9.17) is 25.5 Å². The highest BCUT2D eigenvalue weighted by atomic mass is 35.5. The summed E-state index contributed by atoms with van der Waals surface area (Å²) in [7, 11) is 0. The Morgan fingerprint density at radius 2 is 1.89 bits per heavy atom. The van der Waals surface area contributed by atoms with Crippen LogP contribution < -0.4 is 10.2 Å². The first-order chi connectivity index (χ1) is 12.9. The number of carbonyl (C=O) groups is 1. The zero-order valence-electron chi connectivity index (χ0n) is 15.2. The second-order valence-corrected chi connectivity index (χ2v) is 6.54. The van der Waals surface area contributed by atoms with E-state index in [1.807, 2.05) is 13.0 Å². The number of esters is 1. The number of benzene rings is 2. The van der Waals surface area contributed by atoms with Crippen LogP contribution in [0.5, 0.6) is 5.75 Å². The molecule has 0 saturated heterocycles. The Morgan fingerprint density at radius 1 is 1.19 bits per heavy atom. The number of ether oxygens (including phenoxy) is 2. The van der Waals surface area contributed by atoms with Gasteiger partial charge in [0.2, 0.25) is 11.2 Å². The fourth-order valence-electron chi connectivity index (χ4n) is 2.67. The maximum atomic E-state index is 13.1. The molecule has 1 atom stereocenters. The molecule has 5 nitrogen and oxygen atoms in total. The highest BCUT2D eigenvalue weighted by molar-refractivity contribution is 6.30. The van der Waals surface area contributed by atoms with Gasteiger partial charge in [-0.1, -0.05) is 23.2 Å². The summed E-state index contributed by atoms with van der Waals surface area (Å²) < 4.78 is 16.7. The second-order valence-electron chi connectivity index (χ2n) is 6.11. The maximum absolute atomic E-state index is 13.1. The topological polar surface area (TPSA) is 65.7 Å². The molecular weight excluding hydrogens is 368 g/mol. The van der Waals surface area contributed by atoms with E-state index < -0.39 is 12.1 Å². The predicted octanol–water partition coefficient (Wildman–Crippen LogP) is 4.75. The minimum absolute atomic E-state index is 0.0315. The van der Waals surface area contributed by atoms with Gasteiger partial charge in [0.05, 0.1) is 12.0 Å². The number of halogens is 1. The first kappa shape index (κ1) is 19.0. The van der Waals surface area contributed by atoms with Crippen molar-refractivity contribution in [3.8, 4) is 17.1 Å². The Bertz CT molecular complexity index is 1040. The third kappa shape index (κ3) is 3.98. The van der Waals surface area contributed by atoms with Crippen LogP contribution in [-0.2, 0) is 9.53 Å². The monoisotopic (exact) mass is 386 g/mol. The molecule has 2 aromatic carbocycles. The average molecular weight is 387 g/mol. The number of hydrogen-bond acceptors (Lipinski definition) is 5. The van der Waals surface area contributed by atoms with Crippen LogP contribution in [0.2, 0.25) is 5.02 Å². The summed E-state index contributed by atoms with van der Waals surface area (Å²) in [6, 6.07) is 12.2. The molecule has 0 aliphatic rings. The number of fused-ring (bicyclic) bond motifs is 1. The fourth-order valence-corrected chi connectivity index (χ4v) is 2.80. The first-order valence-corrected chi connectivity index (χ1v) is 8.95. The van der Waals surface area contributed by atoms with Crippen LogP contribution in [0.25, 0.3) is 22.3 Å². The van der Waals surface area contributed by atoms with E-state index in [0.717, 1.165) is 5.56 Å². The third-order valence-corrected chi connectivity index (χ3v) is 4.28. The van der Waals surface area contributed by atoms with Crippen molar-refractivity contribution in [2.24, 2.45) is 0 Å². The predicted molar refractivity (Wildman–Crippen MR) is 104 cm³/mol. The highest BCUT2D eigenvalue weighted by Gasteiger charge is 2.23. The molecule has 0 bridgehead atoms. The summed E-state index contributed by atoms with van der Waals surface area (Å²) >= 11 is 5.96. The summed E-state index contributed by atoms with van der Waals surface area (Å²) in [6.45, 7) is 5.34. The molecule has 0 aliphatic carbocycles. The number of carbonyl (C=O) groups excluding carboxylic acids is 1. The number of aryl methyl sites for hydroxylation is 1. The lowest BCUT2D eigenvalue weighted by Crippen LogP contribution is -2.28. The smallest absolute Gasteiger partial charge is 0.347 e. The highest BCUT2D eigenvalue weighted by Crippen LogP contribution is 2.32. The van der Waals surface area contributed by atoms with E-state index in [1.54, 1.807) is 43.3 Å². The van der Waals surface area contributed by atoms with Crippen LogP contribution in [0.1, 0.15) is 19.4 Å². The van der Waals surface area contributed by atoms with Crippen molar-refractivity contribution in [3.05, 3.63) is 63.3 Å². The molecule has 0 unspecified atom stereocenters. The molecule has 0 fully saturated rings. The summed E-state index contributed by atoms with van der Waals surface area (Å²) in [6.07, 6.45) is -0.957. The summed E-state index contributed by atoms with van der Waals surface area (Å²) in [5.74, 6) is -0.344. The third-order valence-electron chi connectivity index (χ3n) is 4.02. The molecule has 1 aromatic heterocycles. The van der Waals surface area contributed by atoms with E-state index in [-0.39, 0.29) is 23.5 Å². The Balaban J connectivity index is 2.19. The maximum Gasteiger partial charge on any atom is 0.347 e. The Kier molecular flexibility index (Phi) is 5.51. The molecular formula is C21H19ClO5. The first-order valence-electron chi connectivity index (χ1n) is 8.57.